The highest BCUT2D eigenvalue weighted by atomic mass is 19.1. The zero-order chi connectivity index (χ0) is 25.8. The molecule has 2 aromatic heterocycles. The van der Waals surface area contributed by atoms with E-state index in [0.29, 0.717) is 38.1 Å². The molecule has 10 heteroatoms. The first-order valence-corrected chi connectivity index (χ1v) is 13.2. The number of carbonyl (C=O) groups is 1. The van der Waals surface area contributed by atoms with Crippen molar-refractivity contribution in [3.05, 3.63) is 35.8 Å². The number of nitriles is 1. The smallest absolute Gasteiger partial charge is 0.257 e. The van der Waals surface area contributed by atoms with E-state index < -0.39 is 12.3 Å². The molecule has 2 aromatic rings. The molecule has 3 atom stereocenters. The van der Waals surface area contributed by atoms with E-state index in [1.165, 1.54) is 0 Å². The van der Waals surface area contributed by atoms with Gasteiger partial charge in [0.05, 0.1) is 11.6 Å². The molecule has 6 rings (SSSR count). The van der Waals surface area contributed by atoms with Crippen molar-refractivity contribution in [3.8, 4) is 6.07 Å². The Morgan fingerprint density at radius 3 is 2.65 bits per heavy atom. The molecule has 1 saturated carbocycles. The summed E-state index contributed by atoms with van der Waals surface area (Å²) in [5.74, 6) is 2.25. The summed E-state index contributed by atoms with van der Waals surface area (Å²) in [6, 6.07) is 5.59. The number of amides is 1. The number of pyridine rings is 1. The normalized spacial score (nSPS) is 28.2. The number of anilines is 3. The van der Waals surface area contributed by atoms with Crippen LogP contribution in [-0.2, 0) is 14.9 Å². The summed E-state index contributed by atoms with van der Waals surface area (Å²) in [4.78, 5) is 33.7. The van der Waals surface area contributed by atoms with Gasteiger partial charge >= 0.3 is 0 Å². The number of carbonyl (C=O) groups excluding carboxylic acids is 1. The van der Waals surface area contributed by atoms with Crippen molar-refractivity contribution >= 4 is 23.4 Å². The number of hydrogen-bond acceptors (Lipinski definition) is 8. The lowest BCUT2D eigenvalue weighted by atomic mass is 9.66. The highest BCUT2D eigenvalue weighted by Crippen LogP contribution is 2.56. The Morgan fingerprint density at radius 2 is 1.97 bits per heavy atom. The first-order valence-electron chi connectivity index (χ1n) is 13.2. The third kappa shape index (κ3) is 3.66. The van der Waals surface area contributed by atoms with E-state index in [1.807, 2.05) is 13.0 Å². The van der Waals surface area contributed by atoms with Crippen LogP contribution in [0.4, 0.5) is 21.8 Å². The van der Waals surface area contributed by atoms with Crippen LogP contribution >= 0.6 is 0 Å². The molecule has 3 aliphatic heterocycles. The van der Waals surface area contributed by atoms with Crippen molar-refractivity contribution in [2.45, 2.75) is 69.1 Å². The zero-order valence-corrected chi connectivity index (χ0v) is 21.4. The predicted octanol–water partition coefficient (Wildman–Crippen LogP) is 3.26. The maximum atomic E-state index is 14.0. The van der Waals surface area contributed by atoms with Crippen LogP contribution in [0.5, 0.6) is 0 Å². The van der Waals surface area contributed by atoms with E-state index in [-0.39, 0.29) is 23.4 Å². The minimum absolute atomic E-state index is 0.0107. The van der Waals surface area contributed by atoms with Gasteiger partial charge in [-0.05, 0) is 51.7 Å². The molecule has 9 nitrogen and oxygen atoms in total. The Morgan fingerprint density at radius 1 is 1.16 bits per heavy atom. The number of hydrogen-bond donors (Lipinski definition) is 0. The van der Waals surface area contributed by atoms with E-state index in [2.05, 4.69) is 27.8 Å². The second-order valence-electron chi connectivity index (χ2n) is 11.0. The van der Waals surface area contributed by atoms with Gasteiger partial charge < -0.3 is 19.4 Å². The molecular formula is C27H32FN7O2. The molecule has 4 aliphatic rings. The number of nitrogens with zero attached hydrogens (tertiary/aromatic N) is 7. The predicted molar refractivity (Wildman–Crippen MR) is 135 cm³/mol. The van der Waals surface area contributed by atoms with Crippen molar-refractivity contribution in [1.29, 1.82) is 5.26 Å². The SMILES string of the molecule is C[C@@H]1CN(C(=O)C2(CF)CCCO2)[C@@H](C)CN1c1ncnc2c1C1(CCC1)CN2c1cc(C#N)ccn1. The molecule has 194 valence electrons. The summed E-state index contributed by atoms with van der Waals surface area (Å²) in [7, 11) is 0. The lowest BCUT2D eigenvalue weighted by molar-refractivity contribution is -0.158. The maximum absolute atomic E-state index is 14.0. The molecule has 1 amide bonds. The lowest BCUT2D eigenvalue weighted by Gasteiger charge is -2.48. The molecule has 1 aliphatic carbocycles. The van der Waals surface area contributed by atoms with Crippen molar-refractivity contribution in [2.24, 2.45) is 0 Å². The first kappa shape index (κ1) is 24.0. The third-order valence-corrected chi connectivity index (χ3v) is 8.74. The van der Waals surface area contributed by atoms with E-state index in [0.717, 1.165) is 48.8 Å². The Balaban J connectivity index is 1.33. The summed E-state index contributed by atoms with van der Waals surface area (Å²) in [6.45, 7) is 5.58. The Hall–Kier alpha value is -3.32. The molecule has 0 N–H and O–H groups in total. The highest BCUT2D eigenvalue weighted by molar-refractivity contribution is 5.86. The van der Waals surface area contributed by atoms with E-state index in [9.17, 15) is 14.4 Å². The summed E-state index contributed by atoms with van der Waals surface area (Å²) in [6.07, 6.45) is 7.65. The summed E-state index contributed by atoms with van der Waals surface area (Å²) in [5.41, 5.74) is 0.329. The molecule has 0 radical (unpaired) electrons. The van der Waals surface area contributed by atoms with E-state index >= 15 is 0 Å². The highest BCUT2D eigenvalue weighted by Gasteiger charge is 2.53. The summed E-state index contributed by atoms with van der Waals surface area (Å²) in [5, 5.41) is 9.40. The average Bonchev–Trinajstić information content (AvgIpc) is 3.53. The van der Waals surface area contributed by atoms with Crippen LogP contribution in [-0.4, -0.2) is 76.4 Å². The van der Waals surface area contributed by atoms with Crippen LogP contribution in [0.25, 0.3) is 0 Å². The topological polar surface area (TPSA) is 98.5 Å². The van der Waals surface area contributed by atoms with Crippen LogP contribution < -0.4 is 9.80 Å². The Bertz CT molecular complexity index is 1250. The van der Waals surface area contributed by atoms with Gasteiger partial charge in [0.2, 0.25) is 0 Å². The fourth-order valence-corrected chi connectivity index (χ4v) is 6.55. The second-order valence-corrected chi connectivity index (χ2v) is 11.0. The van der Waals surface area contributed by atoms with Crippen LogP contribution in [0.2, 0.25) is 0 Å². The third-order valence-electron chi connectivity index (χ3n) is 8.74. The van der Waals surface area contributed by atoms with Gasteiger partial charge in [0.15, 0.2) is 5.60 Å². The van der Waals surface area contributed by atoms with Crippen molar-refractivity contribution in [2.75, 3.05) is 42.7 Å². The average molecular weight is 506 g/mol. The number of fused-ring (bicyclic) bond motifs is 2. The van der Waals surface area contributed by atoms with E-state index in [4.69, 9.17) is 14.7 Å². The molecule has 5 heterocycles. The van der Waals surface area contributed by atoms with Crippen molar-refractivity contribution in [1.82, 2.24) is 19.9 Å². The monoisotopic (exact) mass is 505 g/mol. The lowest BCUT2D eigenvalue weighted by Crippen LogP contribution is -2.63. The van der Waals surface area contributed by atoms with Crippen LogP contribution in [0.1, 0.15) is 57.1 Å². The molecule has 2 saturated heterocycles. The fourth-order valence-electron chi connectivity index (χ4n) is 6.55. The molecular weight excluding hydrogens is 473 g/mol. The van der Waals surface area contributed by atoms with Gasteiger partial charge in [0, 0.05) is 55.5 Å². The Kier molecular flexibility index (Phi) is 5.79. The maximum Gasteiger partial charge on any atom is 0.257 e. The van der Waals surface area contributed by atoms with Gasteiger partial charge in [0.1, 0.15) is 30.5 Å². The molecule has 1 unspecified atom stereocenters. The van der Waals surface area contributed by atoms with Crippen molar-refractivity contribution < 1.29 is 13.9 Å². The quantitative estimate of drug-likeness (QED) is 0.625. The molecule has 3 fully saturated rings. The molecule has 0 aromatic carbocycles. The molecule has 37 heavy (non-hydrogen) atoms. The second kappa shape index (κ2) is 8.91. The number of aromatic nitrogens is 3. The van der Waals surface area contributed by atoms with Gasteiger partial charge in [-0.2, -0.15) is 5.26 Å². The summed E-state index contributed by atoms with van der Waals surface area (Å²) < 4.78 is 19.7. The van der Waals surface area contributed by atoms with Crippen LogP contribution in [0, 0.1) is 11.3 Å². The minimum atomic E-state index is -1.33. The number of alkyl halides is 1. The minimum Gasteiger partial charge on any atom is -0.362 e. The number of rotatable bonds is 4. The molecule has 1 spiro atoms. The standard InChI is InChI=1S/C27H32FN7O2/c1-18-14-34(25(36)27(15-28)8-4-10-37-27)19(2)13-33(18)23-22-24(32-17-31-23)35(16-26(22)6-3-7-26)21-11-20(12-29)5-9-30-21/h5,9,11,17-19H,3-4,6-8,10,13-16H2,1-2H3/t18-,19+,27?/m1/s1. The number of halogens is 1. The van der Waals surface area contributed by atoms with Crippen molar-refractivity contribution in [3.63, 3.8) is 0 Å². The van der Waals surface area contributed by atoms with Crippen LogP contribution in [0.3, 0.4) is 0 Å². The largest absolute Gasteiger partial charge is 0.362 e. The fraction of sp³-hybridized carbons (Fsp3) is 0.593. The first-order chi connectivity index (χ1) is 17.9. The van der Waals surface area contributed by atoms with Gasteiger partial charge in [-0.3, -0.25) is 4.79 Å². The number of piperazine rings is 1. The summed E-state index contributed by atoms with van der Waals surface area (Å²) >= 11 is 0. The van der Waals surface area contributed by atoms with Gasteiger partial charge in [-0.25, -0.2) is 19.3 Å². The Labute approximate surface area is 216 Å². The van der Waals surface area contributed by atoms with Gasteiger partial charge in [-0.1, -0.05) is 6.42 Å². The van der Waals surface area contributed by atoms with E-state index in [1.54, 1.807) is 23.5 Å². The zero-order valence-electron chi connectivity index (χ0n) is 21.4. The van der Waals surface area contributed by atoms with Gasteiger partial charge in [0.25, 0.3) is 5.91 Å². The van der Waals surface area contributed by atoms with Gasteiger partial charge in [-0.15, -0.1) is 0 Å². The van der Waals surface area contributed by atoms with Crippen LogP contribution in [0.15, 0.2) is 24.7 Å². The number of ether oxygens (including phenoxy) is 1. The molecule has 0 bridgehead atoms.